The molecule has 0 aliphatic carbocycles. The molecule has 2 aromatic carbocycles. The van der Waals surface area contributed by atoms with Crippen LogP contribution in [0.15, 0.2) is 60.3 Å². The Balaban J connectivity index is 1.74. The number of nitrogens with zero attached hydrogens (tertiary/aromatic N) is 3. The number of amides is 2. The largest absolute Gasteiger partial charge is 0.494 e. The normalized spacial score (nSPS) is 17.8. The Hall–Kier alpha value is -3.12. The molecule has 6 nitrogen and oxygen atoms in total. The van der Waals surface area contributed by atoms with Crippen molar-refractivity contribution in [1.82, 2.24) is 9.80 Å². The minimum Gasteiger partial charge on any atom is -0.494 e. The smallest absolute Gasteiger partial charge is 0.282 e. The number of para-hydroxylation sites is 1. The topological polar surface area (TPSA) is 53.1 Å². The first-order chi connectivity index (χ1) is 14.6. The molecule has 1 saturated heterocycles. The summed E-state index contributed by atoms with van der Waals surface area (Å²) >= 11 is 0. The first kappa shape index (κ1) is 20.2. The number of carbonyl (C=O) groups excluding carboxylic acids is 2. The van der Waals surface area contributed by atoms with Gasteiger partial charge >= 0.3 is 0 Å². The number of piperazine rings is 1. The van der Waals surface area contributed by atoms with E-state index in [-0.39, 0.29) is 11.8 Å². The Bertz CT molecular complexity index is 945. The lowest BCUT2D eigenvalue weighted by Gasteiger charge is -2.36. The van der Waals surface area contributed by atoms with Gasteiger partial charge in [-0.2, -0.15) is 0 Å². The Morgan fingerprint density at radius 1 is 0.833 bits per heavy atom. The van der Waals surface area contributed by atoms with Gasteiger partial charge in [0.15, 0.2) is 0 Å². The first-order valence-electron chi connectivity index (χ1n) is 10.5. The van der Waals surface area contributed by atoms with Crippen molar-refractivity contribution in [3.8, 4) is 5.75 Å². The van der Waals surface area contributed by atoms with Crippen molar-refractivity contribution in [2.24, 2.45) is 0 Å². The van der Waals surface area contributed by atoms with Crippen molar-refractivity contribution in [1.29, 1.82) is 0 Å². The zero-order chi connectivity index (χ0) is 21.1. The van der Waals surface area contributed by atoms with Gasteiger partial charge in [0.25, 0.3) is 11.8 Å². The fourth-order valence-electron chi connectivity index (χ4n) is 4.06. The Kier molecular flexibility index (Phi) is 5.86. The number of hydrogen-bond donors (Lipinski definition) is 0. The molecule has 0 N–H and O–H groups in total. The lowest BCUT2D eigenvalue weighted by atomic mass is 10.0. The number of ether oxygens (including phenoxy) is 1. The van der Waals surface area contributed by atoms with E-state index in [1.165, 1.54) is 4.90 Å². The maximum absolute atomic E-state index is 13.5. The first-order valence-corrected chi connectivity index (χ1v) is 10.5. The molecule has 2 heterocycles. The van der Waals surface area contributed by atoms with E-state index in [0.29, 0.717) is 23.6 Å². The molecule has 6 heteroatoms. The maximum Gasteiger partial charge on any atom is 0.282 e. The van der Waals surface area contributed by atoms with Crippen LogP contribution in [-0.4, -0.2) is 60.9 Å². The van der Waals surface area contributed by atoms with E-state index in [2.05, 4.69) is 16.7 Å². The molecule has 2 amide bonds. The van der Waals surface area contributed by atoms with Crippen molar-refractivity contribution in [3.63, 3.8) is 0 Å². The Morgan fingerprint density at radius 3 is 2.10 bits per heavy atom. The number of benzene rings is 2. The number of rotatable bonds is 6. The minimum atomic E-state index is -0.275. The highest BCUT2D eigenvalue weighted by molar-refractivity contribution is 6.45. The Labute approximate surface area is 177 Å². The van der Waals surface area contributed by atoms with Gasteiger partial charge in [-0.25, -0.2) is 4.90 Å². The van der Waals surface area contributed by atoms with Crippen LogP contribution in [0.5, 0.6) is 5.75 Å². The summed E-state index contributed by atoms with van der Waals surface area (Å²) in [5.74, 6) is 0.222. The van der Waals surface area contributed by atoms with Crippen LogP contribution in [0.25, 0.3) is 5.57 Å². The minimum absolute atomic E-state index is 0.250. The molecule has 0 atom stereocenters. The summed E-state index contributed by atoms with van der Waals surface area (Å²) in [4.78, 5) is 32.7. The van der Waals surface area contributed by atoms with Gasteiger partial charge in [0.1, 0.15) is 11.4 Å². The number of likely N-dealkylation sites (N-methyl/N-ethyl adjacent to an activating group) is 1. The fourth-order valence-corrected chi connectivity index (χ4v) is 4.06. The molecule has 0 bridgehead atoms. The highest BCUT2D eigenvalue weighted by atomic mass is 16.5. The summed E-state index contributed by atoms with van der Waals surface area (Å²) in [5, 5.41) is 0. The summed E-state index contributed by atoms with van der Waals surface area (Å²) in [7, 11) is 0. The van der Waals surface area contributed by atoms with Crippen molar-refractivity contribution in [2.45, 2.75) is 13.8 Å². The van der Waals surface area contributed by atoms with Gasteiger partial charge in [0.05, 0.1) is 17.9 Å². The van der Waals surface area contributed by atoms with Crippen LogP contribution in [0, 0.1) is 0 Å². The van der Waals surface area contributed by atoms with E-state index in [9.17, 15) is 9.59 Å². The van der Waals surface area contributed by atoms with E-state index in [1.807, 2.05) is 49.4 Å². The van der Waals surface area contributed by atoms with E-state index < -0.39 is 0 Å². The average molecular weight is 405 g/mol. The average Bonchev–Trinajstić information content (AvgIpc) is 3.05. The van der Waals surface area contributed by atoms with Crippen LogP contribution in [0.1, 0.15) is 19.4 Å². The van der Waals surface area contributed by atoms with Gasteiger partial charge in [0, 0.05) is 26.2 Å². The quantitative estimate of drug-likeness (QED) is 0.692. The number of imide groups is 1. The third-order valence-corrected chi connectivity index (χ3v) is 5.66. The van der Waals surface area contributed by atoms with Crippen LogP contribution < -0.4 is 9.64 Å². The van der Waals surface area contributed by atoms with E-state index >= 15 is 0 Å². The molecule has 30 heavy (non-hydrogen) atoms. The van der Waals surface area contributed by atoms with Crippen molar-refractivity contribution >= 4 is 23.1 Å². The molecule has 1 fully saturated rings. The van der Waals surface area contributed by atoms with E-state index in [0.717, 1.165) is 44.0 Å². The SMILES string of the molecule is CCOc1ccc(C2=C(N3CCN(CC)CC3)C(=O)N(c3ccccc3)C2=O)cc1. The molecule has 2 aliphatic rings. The summed E-state index contributed by atoms with van der Waals surface area (Å²) in [6.45, 7) is 8.85. The molecular formula is C24H27N3O3. The molecule has 156 valence electrons. The molecule has 2 aliphatic heterocycles. The van der Waals surface area contributed by atoms with Gasteiger partial charge in [-0.3, -0.25) is 9.59 Å². The van der Waals surface area contributed by atoms with Crippen molar-refractivity contribution in [3.05, 3.63) is 65.9 Å². The lowest BCUT2D eigenvalue weighted by molar-refractivity contribution is -0.120. The molecule has 0 unspecified atom stereocenters. The van der Waals surface area contributed by atoms with Crippen LogP contribution >= 0.6 is 0 Å². The molecule has 0 aromatic heterocycles. The van der Waals surface area contributed by atoms with Crippen LogP contribution in [0.3, 0.4) is 0 Å². The van der Waals surface area contributed by atoms with Crippen LogP contribution in [-0.2, 0) is 9.59 Å². The zero-order valence-electron chi connectivity index (χ0n) is 17.5. The Morgan fingerprint density at radius 2 is 1.50 bits per heavy atom. The predicted octanol–water partition coefficient (Wildman–Crippen LogP) is 3.01. The number of hydrogen-bond acceptors (Lipinski definition) is 5. The predicted molar refractivity (Wildman–Crippen MR) is 117 cm³/mol. The zero-order valence-corrected chi connectivity index (χ0v) is 17.5. The summed E-state index contributed by atoms with van der Waals surface area (Å²) < 4.78 is 5.53. The molecule has 0 radical (unpaired) electrons. The third-order valence-electron chi connectivity index (χ3n) is 5.66. The summed E-state index contributed by atoms with van der Waals surface area (Å²) in [6.07, 6.45) is 0. The summed E-state index contributed by atoms with van der Waals surface area (Å²) in [5.41, 5.74) is 2.31. The third kappa shape index (κ3) is 3.71. The van der Waals surface area contributed by atoms with Gasteiger partial charge in [-0.1, -0.05) is 37.3 Å². The number of anilines is 1. The maximum atomic E-state index is 13.5. The standard InChI is InChI=1S/C24H27N3O3/c1-3-25-14-16-26(17-15-25)22-21(18-10-12-20(13-11-18)30-4-2)23(28)27(24(22)29)19-8-6-5-7-9-19/h5-13H,3-4,14-17H2,1-2H3. The van der Waals surface area contributed by atoms with Crippen molar-refractivity contribution in [2.75, 3.05) is 44.2 Å². The lowest BCUT2D eigenvalue weighted by Crippen LogP contribution is -2.47. The molecule has 0 spiro atoms. The second kappa shape index (κ2) is 8.71. The van der Waals surface area contributed by atoms with Gasteiger partial charge in [-0.15, -0.1) is 0 Å². The molecular weight excluding hydrogens is 378 g/mol. The molecule has 2 aromatic rings. The summed E-state index contributed by atoms with van der Waals surface area (Å²) in [6, 6.07) is 16.6. The number of carbonyl (C=O) groups is 2. The fraction of sp³-hybridized carbons (Fsp3) is 0.333. The van der Waals surface area contributed by atoms with Gasteiger partial charge < -0.3 is 14.5 Å². The van der Waals surface area contributed by atoms with Gasteiger partial charge in [-0.05, 0) is 43.3 Å². The molecule has 4 rings (SSSR count). The second-order valence-electron chi connectivity index (χ2n) is 7.38. The van der Waals surface area contributed by atoms with Gasteiger partial charge in [0.2, 0.25) is 0 Å². The van der Waals surface area contributed by atoms with Crippen LogP contribution in [0.4, 0.5) is 5.69 Å². The van der Waals surface area contributed by atoms with E-state index in [4.69, 9.17) is 4.74 Å². The highest BCUT2D eigenvalue weighted by Crippen LogP contribution is 2.35. The highest BCUT2D eigenvalue weighted by Gasteiger charge is 2.42. The second-order valence-corrected chi connectivity index (χ2v) is 7.38. The van der Waals surface area contributed by atoms with Crippen LogP contribution in [0.2, 0.25) is 0 Å². The van der Waals surface area contributed by atoms with Crippen molar-refractivity contribution < 1.29 is 14.3 Å². The van der Waals surface area contributed by atoms with E-state index in [1.54, 1.807) is 12.1 Å². The molecule has 0 saturated carbocycles. The monoisotopic (exact) mass is 405 g/mol.